The molecule has 7 heteroatoms. The van der Waals surface area contributed by atoms with E-state index in [2.05, 4.69) is 10.3 Å². The SMILES string of the molecule is Cc1nc(C)c([C@H](C)N(C)C(=O)C(=O)Nc2ccc(C#N)cc2)s1. The summed E-state index contributed by atoms with van der Waals surface area (Å²) in [5.41, 5.74) is 1.83. The van der Waals surface area contributed by atoms with E-state index in [9.17, 15) is 9.59 Å². The van der Waals surface area contributed by atoms with Crippen LogP contribution < -0.4 is 5.32 Å². The molecule has 1 aromatic carbocycles. The molecule has 1 aromatic heterocycles. The fourth-order valence-corrected chi connectivity index (χ4v) is 3.28. The van der Waals surface area contributed by atoms with Gasteiger partial charge in [0.25, 0.3) is 0 Å². The lowest BCUT2D eigenvalue weighted by Crippen LogP contribution is -2.38. The lowest BCUT2D eigenvalue weighted by Gasteiger charge is -2.23. The van der Waals surface area contributed by atoms with Crippen molar-refractivity contribution in [1.82, 2.24) is 9.88 Å². The monoisotopic (exact) mass is 342 g/mol. The van der Waals surface area contributed by atoms with Gasteiger partial charge in [-0.1, -0.05) is 0 Å². The van der Waals surface area contributed by atoms with Crippen molar-refractivity contribution < 1.29 is 9.59 Å². The van der Waals surface area contributed by atoms with Crippen LogP contribution in [0.25, 0.3) is 0 Å². The Bertz CT molecular complexity index is 805. The van der Waals surface area contributed by atoms with Gasteiger partial charge in [-0.25, -0.2) is 4.98 Å². The van der Waals surface area contributed by atoms with Crippen LogP contribution in [0.2, 0.25) is 0 Å². The number of hydrogen-bond donors (Lipinski definition) is 1. The number of carbonyl (C=O) groups excluding carboxylic acids is 2. The predicted molar refractivity (Wildman–Crippen MR) is 92.6 cm³/mol. The third kappa shape index (κ3) is 3.78. The zero-order valence-electron chi connectivity index (χ0n) is 14.0. The molecular formula is C17H18N4O2S. The molecule has 0 saturated carbocycles. The maximum Gasteiger partial charge on any atom is 0.313 e. The Morgan fingerprint density at radius 3 is 2.42 bits per heavy atom. The van der Waals surface area contributed by atoms with Gasteiger partial charge < -0.3 is 10.2 Å². The van der Waals surface area contributed by atoms with Gasteiger partial charge in [-0.2, -0.15) is 5.26 Å². The molecule has 0 aliphatic rings. The maximum atomic E-state index is 12.3. The van der Waals surface area contributed by atoms with Crippen molar-refractivity contribution in [3.63, 3.8) is 0 Å². The van der Waals surface area contributed by atoms with Crippen LogP contribution in [0.3, 0.4) is 0 Å². The van der Waals surface area contributed by atoms with Gasteiger partial charge >= 0.3 is 11.8 Å². The number of nitrogens with one attached hydrogen (secondary N) is 1. The molecular weight excluding hydrogens is 324 g/mol. The van der Waals surface area contributed by atoms with Crippen molar-refractivity contribution in [1.29, 1.82) is 5.26 Å². The summed E-state index contributed by atoms with van der Waals surface area (Å²) in [4.78, 5) is 31.2. The number of amides is 2. The number of benzene rings is 1. The molecule has 0 bridgehead atoms. The molecule has 0 spiro atoms. The Labute approximate surface area is 144 Å². The van der Waals surface area contributed by atoms with Crippen LogP contribution in [0.1, 0.15) is 34.1 Å². The topological polar surface area (TPSA) is 86.1 Å². The van der Waals surface area contributed by atoms with Crippen LogP contribution in [0.15, 0.2) is 24.3 Å². The van der Waals surface area contributed by atoms with Crippen LogP contribution in [0.4, 0.5) is 5.69 Å². The second-order valence-electron chi connectivity index (χ2n) is 5.42. The summed E-state index contributed by atoms with van der Waals surface area (Å²) in [5, 5.41) is 12.2. The van der Waals surface area contributed by atoms with E-state index in [-0.39, 0.29) is 6.04 Å². The number of carbonyl (C=O) groups is 2. The number of rotatable bonds is 3. The predicted octanol–water partition coefficient (Wildman–Crippen LogP) is 2.79. The van der Waals surface area contributed by atoms with Crippen molar-refractivity contribution >= 4 is 28.8 Å². The molecule has 0 radical (unpaired) electrons. The molecule has 2 aromatic rings. The zero-order valence-corrected chi connectivity index (χ0v) is 14.8. The minimum absolute atomic E-state index is 0.240. The number of aromatic nitrogens is 1. The molecule has 24 heavy (non-hydrogen) atoms. The Hall–Kier alpha value is -2.72. The highest BCUT2D eigenvalue weighted by Crippen LogP contribution is 2.28. The van der Waals surface area contributed by atoms with Crippen molar-refractivity contribution in [3.05, 3.63) is 45.4 Å². The number of thiazole rings is 1. The number of nitriles is 1. The van der Waals surface area contributed by atoms with Crippen molar-refractivity contribution in [2.24, 2.45) is 0 Å². The first-order valence-corrected chi connectivity index (χ1v) is 8.17. The molecule has 124 valence electrons. The van der Waals surface area contributed by atoms with E-state index >= 15 is 0 Å². The number of nitrogens with zero attached hydrogens (tertiary/aromatic N) is 3. The Morgan fingerprint density at radius 2 is 1.92 bits per heavy atom. The van der Waals surface area contributed by atoms with Crippen molar-refractivity contribution in [3.8, 4) is 6.07 Å². The molecule has 6 nitrogen and oxygen atoms in total. The lowest BCUT2D eigenvalue weighted by molar-refractivity contribution is -0.143. The highest BCUT2D eigenvalue weighted by molar-refractivity contribution is 7.11. The fraction of sp³-hybridized carbons (Fsp3) is 0.294. The second-order valence-corrected chi connectivity index (χ2v) is 6.65. The number of likely N-dealkylation sites (N-methyl/N-ethyl adjacent to an activating group) is 1. The first kappa shape index (κ1) is 17.6. The fourth-order valence-electron chi connectivity index (χ4n) is 2.26. The normalized spacial score (nSPS) is 11.5. The Kier molecular flexibility index (Phi) is 5.31. The molecule has 2 amide bonds. The van der Waals surface area contributed by atoms with E-state index in [1.807, 2.05) is 26.8 Å². The van der Waals surface area contributed by atoms with Gasteiger partial charge in [0.05, 0.1) is 28.4 Å². The zero-order chi connectivity index (χ0) is 17.9. The maximum absolute atomic E-state index is 12.3. The van der Waals surface area contributed by atoms with Gasteiger partial charge in [0.2, 0.25) is 0 Å². The van der Waals surface area contributed by atoms with Gasteiger partial charge in [0.15, 0.2) is 0 Å². The average molecular weight is 342 g/mol. The first-order valence-electron chi connectivity index (χ1n) is 7.35. The van der Waals surface area contributed by atoms with E-state index in [1.54, 1.807) is 31.3 Å². The van der Waals surface area contributed by atoms with Crippen LogP contribution in [-0.2, 0) is 9.59 Å². The highest BCUT2D eigenvalue weighted by Gasteiger charge is 2.26. The summed E-state index contributed by atoms with van der Waals surface area (Å²) in [6, 6.07) is 8.09. The van der Waals surface area contributed by atoms with E-state index in [0.717, 1.165) is 15.6 Å². The van der Waals surface area contributed by atoms with Gasteiger partial charge in [-0.3, -0.25) is 9.59 Å². The van der Waals surface area contributed by atoms with Gasteiger partial charge in [-0.05, 0) is 45.0 Å². The summed E-state index contributed by atoms with van der Waals surface area (Å²) in [6.07, 6.45) is 0. The molecule has 0 saturated heterocycles. The summed E-state index contributed by atoms with van der Waals surface area (Å²) in [6.45, 7) is 5.67. The smallest absolute Gasteiger partial charge is 0.313 e. The summed E-state index contributed by atoms with van der Waals surface area (Å²) in [7, 11) is 1.60. The largest absolute Gasteiger partial charge is 0.330 e. The Balaban J connectivity index is 2.07. The Morgan fingerprint density at radius 1 is 1.29 bits per heavy atom. The van der Waals surface area contributed by atoms with Gasteiger partial charge in [0, 0.05) is 17.6 Å². The second kappa shape index (κ2) is 7.23. The standard InChI is InChI=1S/C17H18N4O2S/c1-10-15(24-12(3)19-10)11(2)21(4)17(23)16(22)20-14-7-5-13(9-18)6-8-14/h5-8,11H,1-4H3,(H,20,22)/t11-/m0/s1. The third-order valence-corrected chi connectivity index (χ3v) is 4.93. The molecule has 0 unspecified atom stereocenters. The molecule has 2 rings (SSSR count). The van der Waals surface area contributed by atoms with Crippen molar-refractivity contribution in [2.45, 2.75) is 26.8 Å². The first-order chi connectivity index (χ1) is 11.3. The number of hydrogen-bond acceptors (Lipinski definition) is 5. The molecule has 1 atom stereocenters. The minimum atomic E-state index is -0.715. The molecule has 1 heterocycles. The molecule has 0 fully saturated rings. The summed E-state index contributed by atoms with van der Waals surface area (Å²) < 4.78 is 0. The van der Waals surface area contributed by atoms with E-state index < -0.39 is 11.8 Å². The van der Waals surface area contributed by atoms with E-state index in [0.29, 0.717) is 11.3 Å². The number of aryl methyl sites for hydroxylation is 2. The lowest BCUT2D eigenvalue weighted by atomic mass is 10.2. The van der Waals surface area contributed by atoms with Crippen LogP contribution in [0.5, 0.6) is 0 Å². The highest BCUT2D eigenvalue weighted by atomic mass is 32.1. The summed E-state index contributed by atoms with van der Waals surface area (Å²) in [5.74, 6) is -1.34. The molecule has 0 aliphatic heterocycles. The van der Waals surface area contributed by atoms with Gasteiger partial charge in [-0.15, -0.1) is 11.3 Å². The minimum Gasteiger partial charge on any atom is -0.330 e. The van der Waals surface area contributed by atoms with Crippen LogP contribution in [-0.4, -0.2) is 28.7 Å². The van der Waals surface area contributed by atoms with E-state index in [4.69, 9.17) is 5.26 Å². The van der Waals surface area contributed by atoms with Crippen LogP contribution >= 0.6 is 11.3 Å². The quantitative estimate of drug-likeness (QED) is 0.869. The molecule has 1 N–H and O–H groups in total. The van der Waals surface area contributed by atoms with Crippen molar-refractivity contribution in [2.75, 3.05) is 12.4 Å². The molecule has 0 aliphatic carbocycles. The summed E-state index contributed by atoms with van der Waals surface area (Å²) >= 11 is 1.52. The number of anilines is 1. The van der Waals surface area contributed by atoms with Gasteiger partial charge in [0.1, 0.15) is 0 Å². The third-order valence-electron chi connectivity index (χ3n) is 3.69. The van der Waals surface area contributed by atoms with Crippen LogP contribution in [0, 0.1) is 25.2 Å². The average Bonchev–Trinajstić information content (AvgIpc) is 2.91. The van der Waals surface area contributed by atoms with E-state index in [1.165, 1.54) is 16.2 Å².